The Morgan fingerprint density at radius 2 is 1.88 bits per heavy atom. The van der Waals surface area contributed by atoms with Crippen LogP contribution in [0, 0.1) is 13.8 Å². The molecule has 0 saturated carbocycles. The topological polar surface area (TPSA) is 49.4 Å². The fraction of sp³-hybridized carbons (Fsp3) is 0.250. The monoisotopic (exact) mass is 384 g/mol. The number of carbonyl (C=O) groups excluding carboxylic acids is 2. The Morgan fingerprint density at radius 3 is 2.62 bits per heavy atom. The standard InChI is InChI=1S/C20H20N2O2S2/c1-13-7-6-10-16(14(13)2)21-18(23)11-17-19(24)22(20(25)26-17)12-15-8-4-3-5-9-15/h3-10,17H,11-12H2,1-2H3,(H,21,23). The molecule has 6 heteroatoms. The van der Waals surface area contributed by atoms with Crippen LogP contribution in [-0.4, -0.2) is 26.3 Å². The summed E-state index contributed by atoms with van der Waals surface area (Å²) in [7, 11) is 0. The predicted molar refractivity (Wildman–Crippen MR) is 110 cm³/mol. The summed E-state index contributed by atoms with van der Waals surface area (Å²) in [4.78, 5) is 26.7. The Hall–Kier alpha value is -2.18. The highest BCUT2D eigenvalue weighted by molar-refractivity contribution is 8.24. The number of anilines is 1. The molecule has 2 aromatic carbocycles. The van der Waals surface area contributed by atoms with Gasteiger partial charge in [-0.2, -0.15) is 0 Å². The van der Waals surface area contributed by atoms with Gasteiger partial charge in [0.25, 0.3) is 0 Å². The van der Waals surface area contributed by atoms with Crippen LogP contribution in [0.1, 0.15) is 23.1 Å². The van der Waals surface area contributed by atoms with Gasteiger partial charge in [-0.15, -0.1) is 0 Å². The first kappa shape index (κ1) is 18.6. The van der Waals surface area contributed by atoms with Crippen LogP contribution < -0.4 is 5.32 Å². The third-order valence-electron chi connectivity index (χ3n) is 4.44. The van der Waals surface area contributed by atoms with Crippen LogP contribution in [0.2, 0.25) is 0 Å². The summed E-state index contributed by atoms with van der Waals surface area (Å²) in [6.07, 6.45) is 0.113. The number of nitrogens with one attached hydrogen (secondary N) is 1. The second-order valence-electron chi connectivity index (χ2n) is 6.28. The summed E-state index contributed by atoms with van der Waals surface area (Å²) >= 11 is 6.64. The van der Waals surface area contributed by atoms with Gasteiger partial charge >= 0.3 is 0 Å². The molecule has 0 spiro atoms. The first-order valence-corrected chi connectivity index (χ1v) is 9.66. The molecular formula is C20H20N2O2S2. The van der Waals surface area contributed by atoms with Crippen molar-refractivity contribution in [3.05, 3.63) is 65.2 Å². The molecule has 2 aromatic rings. The molecule has 2 amide bonds. The van der Waals surface area contributed by atoms with Gasteiger partial charge in [0.2, 0.25) is 11.8 Å². The van der Waals surface area contributed by atoms with Crippen LogP contribution in [0.3, 0.4) is 0 Å². The summed E-state index contributed by atoms with van der Waals surface area (Å²) in [5.74, 6) is -0.270. The summed E-state index contributed by atoms with van der Waals surface area (Å²) in [5, 5.41) is 2.45. The lowest BCUT2D eigenvalue weighted by atomic mass is 10.1. The molecule has 1 saturated heterocycles. The average molecular weight is 385 g/mol. The molecular weight excluding hydrogens is 364 g/mol. The second kappa shape index (κ2) is 8.01. The van der Waals surface area contributed by atoms with E-state index in [1.807, 2.05) is 62.4 Å². The van der Waals surface area contributed by atoms with E-state index >= 15 is 0 Å². The second-order valence-corrected chi connectivity index (χ2v) is 8.12. The lowest BCUT2D eigenvalue weighted by Crippen LogP contribution is -2.32. The molecule has 3 rings (SSSR count). The number of amides is 2. The molecule has 1 heterocycles. The van der Waals surface area contributed by atoms with Gasteiger partial charge in [0.1, 0.15) is 4.32 Å². The number of hydrogen-bond acceptors (Lipinski definition) is 4. The maximum absolute atomic E-state index is 12.7. The van der Waals surface area contributed by atoms with E-state index in [2.05, 4.69) is 5.32 Å². The maximum atomic E-state index is 12.7. The van der Waals surface area contributed by atoms with Crippen molar-refractivity contribution >= 4 is 45.8 Å². The zero-order valence-corrected chi connectivity index (χ0v) is 16.3. The molecule has 0 aromatic heterocycles. The van der Waals surface area contributed by atoms with Gasteiger partial charge in [-0.1, -0.05) is 66.4 Å². The van der Waals surface area contributed by atoms with E-state index in [1.54, 1.807) is 4.90 Å². The first-order chi connectivity index (χ1) is 12.5. The predicted octanol–water partition coefficient (Wildman–Crippen LogP) is 4.06. The zero-order chi connectivity index (χ0) is 18.7. The van der Waals surface area contributed by atoms with E-state index in [-0.39, 0.29) is 18.2 Å². The van der Waals surface area contributed by atoms with Crippen LogP contribution in [0.25, 0.3) is 0 Å². The third-order valence-corrected chi connectivity index (χ3v) is 6.02. The molecule has 26 heavy (non-hydrogen) atoms. The summed E-state index contributed by atoms with van der Waals surface area (Å²) < 4.78 is 0.531. The van der Waals surface area contributed by atoms with Gasteiger partial charge in [-0.3, -0.25) is 14.5 Å². The van der Waals surface area contributed by atoms with Gasteiger partial charge in [-0.05, 0) is 36.6 Å². The van der Waals surface area contributed by atoms with Crippen molar-refractivity contribution in [1.82, 2.24) is 4.90 Å². The Morgan fingerprint density at radius 1 is 1.15 bits per heavy atom. The van der Waals surface area contributed by atoms with E-state index in [0.29, 0.717) is 10.9 Å². The van der Waals surface area contributed by atoms with Crippen LogP contribution in [0.5, 0.6) is 0 Å². The van der Waals surface area contributed by atoms with Crippen molar-refractivity contribution in [2.24, 2.45) is 0 Å². The van der Waals surface area contributed by atoms with Crippen LogP contribution >= 0.6 is 24.0 Å². The van der Waals surface area contributed by atoms with E-state index in [0.717, 1.165) is 22.4 Å². The minimum Gasteiger partial charge on any atom is -0.326 e. The van der Waals surface area contributed by atoms with Crippen molar-refractivity contribution in [2.75, 3.05) is 5.32 Å². The highest BCUT2D eigenvalue weighted by Gasteiger charge is 2.38. The van der Waals surface area contributed by atoms with E-state index in [9.17, 15) is 9.59 Å². The molecule has 134 valence electrons. The fourth-order valence-electron chi connectivity index (χ4n) is 2.79. The number of thioether (sulfide) groups is 1. The summed E-state index contributed by atoms with van der Waals surface area (Å²) in [5.41, 5.74) is 3.95. The van der Waals surface area contributed by atoms with Gasteiger partial charge in [-0.25, -0.2) is 0 Å². The molecule has 1 N–H and O–H groups in total. The molecule has 1 aliphatic heterocycles. The average Bonchev–Trinajstić information content (AvgIpc) is 2.87. The van der Waals surface area contributed by atoms with Gasteiger partial charge in [0, 0.05) is 12.1 Å². The van der Waals surface area contributed by atoms with Gasteiger partial charge in [0.05, 0.1) is 11.8 Å². The van der Waals surface area contributed by atoms with Crippen LogP contribution in [-0.2, 0) is 16.1 Å². The molecule has 1 aliphatic rings. The Bertz CT molecular complexity index is 852. The van der Waals surface area contributed by atoms with E-state index < -0.39 is 5.25 Å². The van der Waals surface area contributed by atoms with Crippen LogP contribution in [0.4, 0.5) is 5.69 Å². The number of carbonyl (C=O) groups is 2. The minimum absolute atomic E-state index is 0.0973. The Balaban J connectivity index is 1.63. The summed E-state index contributed by atoms with van der Waals surface area (Å²) in [6, 6.07) is 15.5. The summed E-state index contributed by atoms with van der Waals surface area (Å²) in [6.45, 7) is 4.42. The Labute approximate surface area is 163 Å². The highest BCUT2D eigenvalue weighted by Crippen LogP contribution is 2.31. The first-order valence-electron chi connectivity index (χ1n) is 8.37. The molecule has 1 fully saturated rings. The highest BCUT2D eigenvalue weighted by atomic mass is 32.2. The van der Waals surface area contributed by atoms with Crippen LogP contribution in [0.15, 0.2) is 48.5 Å². The number of thiocarbonyl (C=S) groups is 1. The van der Waals surface area contributed by atoms with Crippen molar-refractivity contribution in [1.29, 1.82) is 0 Å². The molecule has 1 atom stereocenters. The minimum atomic E-state index is -0.462. The fourth-order valence-corrected chi connectivity index (χ4v) is 4.28. The number of hydrogen-bond donors (Lipinski definition) is 1. The van der Waals surface area contributed by atoms with E-state index in [1.165, 1.54) is 11.8 Å². The maximum Gasteiger partial charge on any atom is 0.242 e. The quantitative estimate of drug-likeness (QED) is 0.790. The van der Waals surface area contributed by atoms with Crippen molar-refractivity contribution in [3.63, 3.8) is 0 Å². The SMILES string of the molecule is Cc1cccc(NC(=O)CC2SC(=S)N(Cc3ccccc3)C2=O)c1C. The number of rotatable bonds is 5. The van der Waals surface area contributed by atoms with Gasteiger partial charge in [0.15, 0.2) is 0 Å². The molecule has 1 unspecified atom stereocenters. The molecule has 0 aliphatic carbocycles. The molecule has 0 radical (unpaired) electrons. The lowest BCUT2D eigenvalue weighted by Gasteiger charge is -2.15. The molecule has 4 nitrogen and oxygen atoms in total. The van der Waals surface area contributed by atoms with Crippen molar-refractivity contribution in [3.8, 4) is 0 Å². The normalized spacial score (nSPS) is 16.8. The van der Waals surface area contributed by atoms with Crippen molar-refractivity contribution < 1.29 is 9.59 Å². The van der Waals surface area contributed by atoms with E-state index in [4.69, 9.17) is 12.2 Å². The lowest BCUT2D eigenvalue weighted by molar-refractivity contribution is -0.128. The number of aryl methyl sites for hydroxylation is 1. The molecule has 0 bridgehead atoms. The van der Waals surface area contributed by atoms with Gasteiger partial charge < -0.3 is 5.32 Å². The largest absolute Gasteiger partial charge is 0.326 e. The zero-order valence-electron chi connectivity index (χ0n) is 14.7. The Kier molecular flexibility index (Phi) is 5.74. The smallest absolute Gasteiger partial charge is 0.242 e. The number of benzene rings is 2. The number of nitrogens with zero attached hydrogens (tertiary/aromatic N) is 1. The third kappa shape index (κ3) is 4.14. The van der Waals surface area contributed by atoms with Crippen molar-refractivity contribution in [2.45, 2.75) is 32.1 Å².